The average Bonchev–Trinajstić information content (AvgIpc) is 2.63. The molecule has 0 aromatic carbocycles. The number of hydrogen-bond acceptors (Lipinski definition) is 3. The van der Waals surface area contributed by atoms with E-state index in [0.717, 1.165) is 37.0 Å². The quantitative estimate of drug-likeness (QED) is 0.801. The molecule has 0 amide bonds. The molecule has 1 aromatic rings. The first-order valence-corrected chi connectivity index (χ1v) is 7.12. The molecule has 3 N–H and O–H groups in total. The van der Waals surface area contributed by atoms with Gasteiger partial charge in [-0.25, -0.2) is 0 Å². The Morgan fingerprint density at radius 3 is 2.16 bits per heavy atom. The van der Waals surface area contributed by atoms with E-state index in [1.165, 1.54) is 19.3 Å². The van der Waals surface area contributed by atoms with Gasteiger partial charge in [-0.3, -0.25) is 14.6 Å². The average molecular weight is 258 g/mol. The SMILES string of the molecule is N#Cc1c(N)n(C23CC4CC(CC(C4)C2)C3)[nH]c1=O. The lowest BCUT2D eigenvalue weighted by atomic mass is 9.53. The van der Waals surface area contributed by atoms with Gasteiger partial charge in [0.05, 0.1) is 5.54 Å². The number of nitrogens with two attached hydrogens (primary N) is 1. The van der Waals surface area contributed by atoms with Gasteiger partial charge < -0.3 is 5.73 Å². The van der Waals surface area contributed by atoms with Crippen LogP contribution >= 0.6 is 0 Å². The zero-order chi connectivity index (χ0) is 13.2. The lowest BCUT2D eigenvalue weighted by molar-refractivity contribution is -0.0483. The smallest absolute Gasteiger partial charge is 0.284 e. The van der Waals surface area contributed by atoms with Gasteiger partial charge in [0, 0.05) is 0 Å². The minimum absolute atomic E-state index is 0.0207. The van der Waals surface area contributed by atoms with Crippen LogP contribution in [0.4, 0.5) is 5.82 Å². The molecule has 4 bridgehead atoms. The van der Waals surface area contributed by atoms with Gasteiger partial charge in [0.2, 0.25) is 0 Å². The second-order valence-corrected chi connectivity index (χ2v) is 6.79. The van der Waals surface area contributed by atoms with Crippen molar-refractivity contribution in [3.63, 3.8) is 0 Å². The van der Waals surface area contributed by atoms with Crippen molar-refractivity contribution < 1.29 is 0 Å². The highest BCUT2D eigenvalue weighted by molar-refractivity contribution is 5.48. The molecule has 4 aliphatic carbocycles. The van der Waals surface area contributed by atoms with Gasteiger partial charge in [0.25, 0.3) is 5.56 Å². The predicted octanol–water partition coefficient (Wildman–Crippen LogP) is 1.56. The first-order chi connectivity index (χ1) is 9.11. The van der Waals surface area contributed by atoms with E-state index in [1.54, 1.807) is 0 Å². The molecular formula is C14H18N4O. The lowest BCUT2D eigenvalue weighted by Gasteiger charge is -2.57. The number of aromatic nitrogens is 2. The maximum atomic E-state index is 11.8. The van der Waals surface area contributed by atoms with Crippen LogP contribution in [0, 0.1) is 29.1 Å². The van der Waals surface area contributed by atoms with Crippen LogP contribution in [0.3, 0.4) is 0 Å². The van der Waals surface area contributed by atoms with Gasteiger partial charge in [-0.15, -0.1) is 0 Å². The second-order valence-electron chi connectivity index (χ2n) is 6.79. The van der Waals surface area contributed by atoms with Gasteiger partial charge in [-0.2, -0.15) is 5.26 Å². The Balaban J connectivity index is 1.84. The number of nitrogens with zero attached hydrogens (tertiary/aromatic N) is 2. The Morgan fingerprint density at radius 1 is 1.21 bits per heavy atom. The summed E-state index contributed by atoms with van der Waals surface area (Å²) in [5, 5.41) is 11.9. The fourth-order valence-corrected chi connectivity index (χ4v) is 5.27. The molecule has 100 valence electrons. The first-order valence-electron chi connectivity index (χ1n) is 7.12. The van der Waals surface area contributed by atoms with Crippen molar-refractivity contribution in [3.8, 4) is 6.07 Å². The molecule has 1 heterocycles. The summed E-state index contributed by atoms with van der Waals surface area (Å²) in [6, 6.07) is 1.93. The van der Waals surface area contributed by atoms with Crippen LogP contribution in [-0.4, -0.2) is 9.78 Å². The van der Waals surface area contributed by atoms with E-state index in [4.69, 9.17) is 11.0 Å². The maximum absolute atomic E-state index is 11.8. The Morgan fingerprint density at radius 2 is 1.74 bits per heavy atom. The molecule has 0 radical (unpaired) electrons. The van der Waals surface area contributed by atoms with E-state index in [-0.39, 0.29) is 16.7 Å². The van der Waals surface area contributed by atoms with Gasteiger partial charge >= 0.3 is 0 Å². The zero-order valence-corrected chi connectivity index (χ0v) is 10.9. The van der Waals surface area contributed by atoms with Crippen molar-refractivity contribution in [3.05, 3.63) is 15.9 Å². The molecule has 5 heteroatoms. The van der Waals surface area contributed by atoms with Crippen molar-refractivity contribution in [2.24, 2.45) is 17.8 Å². The van der Waals surface area contributed by atoms with Gasteiger partial charge in [-0.1, -0.05) is 0 Å². The normalized spacial score (nSPS) is 39.4. The zero-order valence-electron chi connectivity index (χ0n) is 10.9. The molecular weight excluding hydrogens is 240 g/mol. The Labute approximate surface area is 111 Å². The summed E-state index contributed by atoms with van der Waals surface area (Å²) in [6.45, 7) is 0. The van der Waals surface area contributed by atoms with E-state index in [1.807, 2.05) is 10.8 Å². The highest BCUT2D eigenvalue weighted by Crippen LogP contribution is 2.58. The number of nitrogen functional groups attached to an aromatic ring is 1. The summed E-state index contributed by atoms with van der Waals surface area (Å²) in [4.78, 5) is 11.8. The summed E-state index contributed by atoms with van der Waals surface area (Å²) in [5.41, 5.74) is 5.77. The van der Waals surface area contributed by atoms with Gasteiger partial charge in [0.15, 0.2) is 5.56 Å². The van der Waals surface area contributed by atoms with Crippen LogP contribution in [-0.2, 0) is 5.54 Å². The highest BCUT2D eigenvalue weighted by Gasteiger charge is 2.53. The summed E-state index contributed by atoms with van der Waals surface area (Å²) in [7, 11) is 0. The number of nitrogens with one attached hydrogen (secondary N) is 1. The molecule has 4 saturated carbocycles. The van der Waals surface area contributed by atoms with E-state index < -0.39 is 0 Å². The van der Waals surface area contributed by atoms with Crippen LogP contribution in [0.2, 0.25) is 0 Å². The summed E-state index contributed by atoms with van der Waals surface area (Å²) < 4.78 is 1.85. The second kappa shape index (κ2) is 3.44. The third-order valence-electron chi connectivity index (χ3n) is 5.53. The number of aromatic amines is 1. The molecule has 0 saturated heterocycles. The van der Waals surface area contributed by atoms with E-state index >= 15 is 0 Å². The largest absolute Gasteiger partial charge is 0.383 e. The molecule has 19 heavy (non-hydrogen) atoms. The minimum Gasteiger partial charge on any atom is -0.383 e. The number of anilines is 1. The van der Waals surface area contributed by atoms with E-state index in [0.29, 0.717) is 5.82 Å². The van der Waals surface area contributed by atoms with Gasteiger partial charge in [0.1, 0.15) is 11.9 Å². The number of rotatable bonds is 1. The molecule has 0 unspecified atom stereocenters. The number of nitriles is 1. The predicted molar refractivity (Wildman–Crippen MR) is 70.3 cm³/mol. The van der Waals surface area contributed by atoms with Crippen LogP contribution in [0.1, 0.15) is 44.1 Å². The standard InChI is InChI=1S/C14H18N4O/c15-7-11-12(16)18(17-13(11)19)14-4-8-1-9(5-14)3-10(2-8)6-14/h8-10H,1-6,16H2,(H,17,19). The molecule has 0 atom stereocenters. The topological polar surface area (TPSA) is 87.6 Å². The molecule has 0 spiro atoms. The lowest BCUT2D eigenvalue weighted by Crippen LogP contribution is -2.52. The van der Waals surface area contributed by atoms with Crippen molar-refractivity contribution in [2.75, 3.05) is 5.73 Å². The summed E-state index contributed by atoms with van der Waals surface area (Å²) in [6.07, 6.45) is 7.36. The molecule has 5 rings (SSSR count). The monoisotopic (exact) mass is 258 g/mol. The molecule has 1 aromatic heterocycles. The van der Waals surface area contributed by atoms with Crippen LogP contribution < -0.4 is 11.3 Å². The van der Waals surface area contributed by atoms with Crippen molar-refractivity contribution in [1.29, 1.82) is 5.26 Å². The van der Waals surface area contributed by atoms with E-state index in [2.05, 4.69) is 5.10 Å². The molecule has 4 aliphatic rings. The van der Waals surface area contributed by atoms with Crippen molar-refractivity contribution in [2.45, 2.75) is 44.1 Å². The fourth-order valence-electron chi connectivity index (χ4n) is 5.27. The van der Waals surface area contributed by atoms with E-state index in [9.17, 15) is 4.79 Å². The minimum atomic E-state index is -0.337. The Bertz CT molecular complexity index is 598. The van der Waals surface area contributed by atoms with Crippen molar-refractivity contribution >= 4 is 5.82 Å². The van der Waals surface area contributed by atoms with Crippen LogP contribution in [0.5, 0.6) is 0 Å². The van der Waals surface area contributed by atoms with Crippen LogP contribution in [0.15, 0.2) is 4.79 Å². The number of hydrogen-bond donors (Lipinski definition) is 2. The fraction of sp³-hybridized carbons (Fsp3) is 0.714. The van der Waals surface area contributed by atoms with Crippen LogP contribution in [0.25, 0.3) is 0 Å². The Kier molecular flexibility index (Phi) is 2.02. The highest BCUT2D eigenvalue weighted by atomic mass is 16.1. The molecule has 5 nitrogen and oxygen atoms in total. The maximum Gasteiger partial charge on any atom is 0.284 e. The van der Waals surface area contributed by atoms with Crippen molar-refractivity contribution in [1.82, 2.24) is 9.78 Å². The summed E-state index contributed by atoms with van der Waals surface area (Å²) >= 11 is 0. The van der Waals surface area contributed by atoms with Gasteiger partial charge in [-0.05, 0) is 56.3 Å². The molecule has 0 aliphatic heterocycles. The Hall–Kier alpha value is -1.70. The third-order valence-corrected chi connectivity index (χ3v) is 5.53. The summed E-state index contributed by atoms with van der Waals surface area (Å²) in [5.74, 6) is 2.68. The third kappa shape index (κ3) is 1.37. The first kappa shape index (κ1) is 11.2. The molecule has 4 fully saturated rings. The number of H-pyrrole nitrogens is 1.